The molecule has 5 aliphatic rings. The largest absolute Gasteiger partial charge is 0.299 e. The van der Waals surface area contributed by atoms with Gasteiger partial charge in [0, 0.05) is 33.2 Å². The van der Waals surface area contributed by atoms with Gasteiger partial charge in [-0.25, -0.2) is 0 Å². The van der Waals surface area contributed by atoms with Gasteiger partial charge in [-0.2, -0.15) is 11.8 Å². The molecular formula is C43H44OS. The molecule has 45 heavy (non-hydrogen) atoms. The maximum Gasteiger partial charge on any atom is 0.141 e. The van der Waals surface area contributed by atoms with E-state index in [0.717, 1.165) is 12.8 Å². The molecule has 0 bridgehead atoms. The number of thioether (sulfide) groups is 1. The zero-order valence-corrected chi connectivity index (χ0v) is 27.9. The van der Waals surface area contributed by atoms with Crippen molar-refractivity contribution in [3.8, 4) is 22.3 Å². The maximum absolute atomic E-state index is 14.4. The van der Waals surface area contributed by atoms with Crippen LogP contribution in [0.4, 0.5) is 0 Å². The molecular weight excluding hydrogens is 565 g/mol. The number of carbonyl (C=O) groups excluding carboxylic acids is 1. The van der Waals surface area contributed by atoms with Crippen LogP contribution in [0.15, 0.2) is 84.9 Å². The Labute approximate surface area is 273 Å². The SMILES string of the molecule is CC1(C)c2ccccc2-c2ccc(C3CCC4SC5CCC(c6ccc7c(c6)C(C)(C)c6ccccc6-7)CC5C(=O)C4C3)cc21. The van der Waals surface area contributed by atoms with Crippen LogP contribution < -0.4 is 0 Å². The Bertz CT molecular complexity index is 1730. The number of hydrogen-bond acceptors (Lipinski definition) is 2. The molecule has 6 unspecified atom stereocenters. The van der Waals surface area contributed by atoms with Crippen molar-refractivity contribution in [2.45, 2.75) is 99.4 Å². The fourth-order valence-electron chi connectivity index (χ4n) is 10.3. The standard InChI is InChI=1S/C43H44OS/c1-42(2)35-11-7-5-9-29(35)31-17-13-27(23-37(31)42)25-15-19-39-33(21-25)41(44)34-22-26(16-20-40(34)45-39)28-14-18-32-30-10-6-8-12-36(30)43(3,4)38(32)24-28/h5-14,17-18,23-26,33-34,39-40H,15-16,19-22H2,1-4H3. The van der Waals surface area contributed by atoms with E-state index in [0.29, 0.717) is 28.1 Å². The van der Waals surface area contributed by atoms with Crippen LogP contribution >= 0.6 is 11.8 Å². The summed E-state index contributed by atoms with van der Waals surface area (Å²) in [4.78, 5) is 14.4. The van der Waals surface area contributed by atoms with Crippen LogP contribution in [0.5, 0.6) is 0 Å². The number of ketones is 1. The van der Waals surface area contributed by atoms with Gasteiger partial charge >= 0.3 is 0 Å². The molecule has 2 heteroatoms. The molecule has 4 aromatic rings. The first kappa shape index (κ1) is 28.1. The van der Waals surface area contributed by atoms with E-state index >= 15 is 0 Å². The molecule has 0 spiro atoms. The second-order valence-electron chi connectivity index (χ2n) is 15.8. The average molecular weight is 609 g/mol. The van der Waals surface area contributed by atoms with Gasteiger partial charge in [0.2, 0.25) is 0 Å². The van der Waals surface area contributed by atoms with E-state index < -0.39 is 0 Å². The van der Waals surface area contributed by atoms with Gasteiger partial charge in [-0.05, 0) is 106 Å². The van der Waals surface area contributed by atoms with Gasteiger partial charge in [0.25, 0.3) is 0 Å². The topological polar surface area (TPSA) is 17.1 Å². The number of carbonyl (C=O) groups is 1. The van der Waals surface area contributed by atoms with E-state index in [-0.39, 0.29) is 22.7 Å². The zero-order chi connectivity index (χ0) is 30.7. The number of fused-ring (bicyclic) bond motifs is 8. The maximum atomic E-state index is 14.4. The Balaban J connectivity index is 0.955. The minimum absolute atomic E-state index is 0.0234. The van der Waals surface area contributed by atoms with Crippen molar-refractivity contribution in [2.24, 2.45) is 11.8 Å². The monoisotopic (exact) mass is 608 g/mol. The normalized spacial score (nSPS) is 30.0. The lowest BCUT2D eigenvalue weighted by Gasteiger charge is -2.47. The minimum atomic E-state index is 0.0234. The van der Waals surface area contributed by atoms with Crippen molar-refractivity contribution >= 4 is 17.5 Å². The molecule has 0 amide bonds. The van der Waals surface area contributed by atoms with Gasteiger partial charge in [-0.3, -0.25) is 4.79 Å². The van der Waals surface area contributed by atoms with Gasteiger partial charge in [0.15, 0.2) is 0 Å². The molecule has 4 aliphatic carbocycles. The highest BCUT2D eigenvalue weighted by molar-refractivity contribution is 8.00. The Hall–Kier alpha value is -3.10. The number of rotatable bonds is 2. The Morgan fingerprint density at radius 1 is 0.533 bits per heavy atom. The molecule has 0 radical (unpaired) electrons. The molecule has 228 valence electrons. The van der Waals surface area contributed by atoms with Crippen molar-refractivity contribution in [1.29, 1.82) is 0 Å². The Morgan fingerprint density at radius 3 is 1.42 bits per heavy atom. The van der Waals surface area contributed by atoms with Crippen LogP contribution in [-0.4, -0.2) is 16.3 Å². The van der Waals surface area contributed by atoms with E-state index in [2.05, 4.69) is 124 Å². The summed E-state index contributed by atoms with van der Waals surface area (Å²) in [5, 5.41) is 1.03. The fraction of sp³-hybridized carbons (Fsp3) is 0.419. The van der Waals surface area contributed by atoms with Gasteiger partial charge in [-0.1, -0.05) is 113 Å². The second kappa shape index (κ2) is 9.95. The predicted molar refractivity (Wildman–Crippen MR) is 188 cm³/mol. The molecule has 1 aliphatic heterocycles. The van der Waals surface area contributed by atoms with E-state index in [9.17, 15) is 4.79 Å². The van der Waals surface area contributed by atoms with E-state index in [4.69, 9.17) is 0 Å². The van der Waals surface area contributed by atoms with Gasteiger partial charge < -0.3 is 0 Å². The molecule has 4 aromatic carbocycles. The highest BCUT2D eigenvalue weighted by atomic mass is 32.2. The van der Waals surface area contributed by atoms with Crippen LogP contribution in [0, 0.1) is 11.8 Å². The molecule has 0 aromatic heterocycles. The van der Waals surface area contributed by atoms with Crippen molar-refractivity contribution in [2.75, 3.05) is 0 Å². The lowest BCUT2D eigenvalue weighted by molar-refractivity contribution is -0.129. The van der Waals surface area contributed by atoms with Gasteiger partial charge in [-0.15, -0.1) is 0 Å². The third kappa shape index (κ3) is 4.10. The van der Waals surface area contributed by atoms with Crippen LogP contribution in [-0.2, 0) is 15.6 Å². The van der Waals surface area contributed by atoms with E-state index in [1.165, 1.54) is 81.3 Å². The molecule has 6 atom stereocenters. The highest BCUT2D eigenvalue weighted by Crippen LogP contribution is 2.56. The summed E-state index contributed by atoms with van der Waals surface area (Å²) in [6.07, 6.45) is 6.84. The van der Waals surface area contributed by atoms with Crippen LogP contribution in [0.1, 0.15) is 111 Å². The summed E-state index contributed by atoms with van der Waals surface area (Å²) in [6.45, 7) is 9.50. The smallest absolute Gasteiger partial charge is 0.141 e. The Kier molecular flexibility index (Phi) is 6.22. The summed E-state index contributed by atoms with van der Waals surface area (Å²) < 4.78 is 0. The molecule has 9 rings (SSSR count). The lowest BCUT2D eigenvalue weighted by Crippen LogP contribution is -2.47. The summed E-state index contributed by atoms with van der Waals surface area (Å²) >= 11 is 2.20. The molecule has 2 saturated carbocycles. The first-order valence-electron chi connectivity index (χ1n) is 17.4. The highest BCUT2D eigenvalue weighted by Gasteiger charge is 2.49. The minimum Gasteiger partial charge on any atom is -0.299 e. The fourth-order valence-corrected chi connectivity index (χ4v) is 12.1. The Morgan fingerprint density at radius 2 is 0.956 bits per heavy atom. The van der Waals surface area contributed by atoms with E-state index in [1.54, 1.807) is 0 Å². The van der Waals surface area contributed by atoms with Crippen molar-refractivity contribution in [3.05, 3.63) is 118 Å². The summed E-state index contributed by atoms with van der Waals surface area (Å²) in [7, 11) is 0. The van der Waals surface area contributed by atoms with Crippen molar-refractivity contribution in [3.63, 3.8) is 0 Å². The van der Waals surface area contributed by atoms with Crippen LogP contribution in [0.25, 0.3) is 22.3 Å². The first-order valence-corrected chi connectivity index (χ1v) is 18.3. The average Bonchev–Trinajstić information content (AvgIpc) is 3.44. The second-order valence-corrected chi connectivity index (χ2v) is 17.3. The van der Waals surface area contributed by atoms with Crippen molar-refractivity contribution < 1.29 is 4.79 Å². The molecule has 1 nitrogen and oxygen atoms in total. The number of benzene rings is 4. The summed E-state index contributed by atoms with van der Waals surface area (Å²) in [5.41, 5.74) is 14.3. The zero-order valence-electron chi connectivity index (χ0n) is 27.1. The van der Waals surface area contributed by atoms with Crippen LogP contribution in [0.2, 0.25) is 0 Å². The first-order chi connectivity index (χ1) is 21.7. The number of hydrogen-bond donors (Lipinski definition) is 0. The van der Waals surface area contributed by atoms with Crippen LogP contribution in [0.3, 0.4) is 0 Å². The third-order valence-corrected chi connectivity index (χ3v) is 14.6. The quantitative estimate of drug-likeness (QED) is 0.225. The lowest BCUT2D eigenvalue weighted by atomic mass is 9.68. The summed E-state index contributed by atoms with van der Waals surface area (Å²) in [5.74, 6) is 1.98. The molecule has 1 heterocycles. The molecule has 3 fully saturated rings. The molecule has 1 saturated heterocycles. The number of Topliss-reactive ketones (excluding diaryl/α,β-unsaturated/α-hetero) is 1. The predicted octanol–water partition coefficient (Wildman–Crippen LogP) is 10.8. The molecule has 0 N–H and O–H groups in total. The van der Waals surface area contributed by atoms with Gasteiger partial charge in [0.05, 0.1) is 0 Å². The van der Waals surface area contributed by atoms with Crippen molar-refractivity contribution in [1.82, 2.24) is 0 Å². The third-order valence-electron chi connectivity index (χ3n) is 12.8. The van der Waals surface area contributed by atoms with Gasteiger partial charge in [0.1, 0.15) is 5.78 Å². The van der Waals surface area contributed by atoms with E-state index in [1.807, 2.05) is 0 Å². The summed E-state index contributed by atoms with van der Waals surface area (Å²) in [6, 6.07) is 32.4.